The van der Waals surface area contributed by atoms with Crippen LogP contribution in [0.1, 0.15) is 53.5 Å². The smallest absolute Gasteiger partial charge is 0.253 e. The van der Waals surface area contributed by atoms with Gasteiger partial charge < -0.3 is 20.1 Å². The van der Waals surface area contributed by atoms with Crippen LogP contribution in [0.15, 0.2) is 36.7 Å². The third-order valence-corrected chi connectivity index (χ3v) is 7.15. The van der Waals surface area contributed by atoms with Gasteiger partial charge in [-0.15, -0.1) is 0 Å². The van der Waals surface area contributed by atoms with Gasteiger partial charge >= 0.3 is 0 Å². The summed E-state index contributed by atoms with van der Waals surface area (Å²) in [6, 6.07) is 5.28. The molecule has 4 heterocycles. The number of benzene rings is 1. The molecule has 2 N–H and O–H groups in total. The number of aliphatic hydroxyl groups excluding tert-OH is 1. The highest BCUT2D eigenvalue weighted by molar-refractivity contribution is 6.01. The van der Waals surface area contributed by atoms with Crippen LogP contribution in [0.4, 0.5) is 14.7 Å². The summed E-state index contributed by atoms with van der Waals surface area (Å²) >= 11 is 0. The third kappa shape index (κ3) is 5.11. The molecule has 208 valence electrons. The van der Waals surface area contributed by atoms with Gasteiger partial charge in [0.1, 0.15) is 17.7 Å². The lowest BCUT2D eigenvalue weighted by atomic mass is 10.0. The van der Waals surface area contributed by atoms with Crippen molar-refractivity contribution in [2.75, 3.05) is 31.1 Å². The molecule has 12 heteroatoms. The molecule has 1 saturated carbocycles. The Hall–Kier alpha value is -4.03. The normalized spacial score (nSPS) is 19.3. The molecule has 6 rings (SSSR count). The fourth-order valence-corrected chi connectivity index (χ4v) is 5.01. The Balaban J connectivity index is 1.43. The van der Waals surface area contributed by atoms with E-state index in [4.69, 9.17) is 19.8 Å². The molecule has 1 aliphatic carbocycles. The quantitative estimate of drug-likeness (QED) is 0.360. The van der Waals surface area contributed by atoms with Crippen LogP contribution in [-0.4, -0.2) is 68.1 Å². The van der Waals surface area contributed by atoms with E-state index < -0.39 is 17.5 Å². The first kappa shape index (κ1) is 26.2. The molecule has 0 unspecified atom stereocenters. The van der Waals surface area contributed by atoms with Gasteiger partial charge in [0.05, 0.1) is 48.4 Å². The van der Waals surface area contributed by atoms with Crippen LogP contribution in [0, 0.1) is 18.6 Å². The van der Waals surface area contributed by atoms with Crippen LogP contribution >= 0.6 is 0 Å². The maximum absolute atomic E-state index is 15.1. The summed E-state index contributed by atoms with van der Waals surface area (Å²) in [5.74, 6) is -1.62. The lowest BCUT2D eigenvalue weighted by molar-refractivity contribution is -0.0178. The van der Waals surface area contributed by atoms with Crippen molar-refractivity contribution >= 4 is 22.9 Å². The first-order valence-electron chi connectivity index (χ1n) is 13.3. The predicted octanol–water partition coefficient (Wildman–Crippen LogP) is 3.50. The first-order valence-corrected chi connectivity index (χ1v) is 13.3. The molecule has 1 amide bonds. The molecule has 2 fully saturated rings. The van der Waals surface area contributed by atoms with Crippen molar-refractivity contribution in [2.45, 2.75) is 44.9 Å². The van der Waals surface area contributed by atoms with Gasteiger partial charge in [0.2, 0.25) is 5.95 Å². The molecular weight excluding hydrogens is 520 g/mol. The molecule has 2 aliphatic rings. The molecule has 0 radical (unpaired) electrons. The number of rotatable bonds is 7. The topological polar surface area (TPSA) is 118 Å². The maximum Gasteiger partial charge on any atom is 0.253 e. The van der Waals surface area contributed by atoms with E-state index >= 15 is 4.39 Å². The number of nitrogens with one attached hydrogen (secondary N) is 1. The minimum absolute atomic E-state index is 0.0611. The lowest BCUT2D eigenvalue weighted by Crippen LogP contribution is -2.43. The SMILES string of the molecule is Cc1nc2nc(N3C[C@@H](C)O[C@@H](c4cnn(C5CC5)c4)C3)nc(-c3ccc(F)cc3F)c2cc1C(=O)NCCO. The minimum atomic E-state index is -0.793. The monoisotopic (exact) mass is 549 g/mol. The average molecular weight is 550 g/mol. The molecular formula is C28H29F2N7O3. The average Bonchev–Trinajstić information content (AvgIpc) is 3.66. The largest absolute Gasteiger partial charge is 0.395 e. The number of pyridine rings is 1. The predicted molar refractivity (Wildman–Crippen MR) is 143 cm³/mol. The summed E-state index contributed by atoms with van der Waals surface area (Å²) in [7, 11) is 0. The summed E-state index contributed by atoms with van der Waals surface area (Å²) in [5.41, 5.74) is 2.15. The van der Waals surface area contributed by atoms with E-state index in [9.17, 15) is 9.18 Å². The van der Waals surface area contributed by atoms with Crippen molar-refractivity contribution in [1.82, 2.24) is 30.0 Å². The maximum atomic E-state index is 15.1. The number of ether oxygens (including phenoxy) is 1. The molecule has 3 aromatic heterocycles. The van der Waals surface area contributed by atoms with E-state index in [2.05, 4.69) is 15.4 Å². The molecule has 1 saturated heterocycles. The van der Waals surface area contributed by atoms with Crippen molar-refractivity contribution in [3.05, 3.63) is 65.1 Å². The van der Waals surface area contributed by atoms with Gasteiger partial charge in [-0.25, -0.2) is 18.7 Å². The summed E-state index contributed by atoms with van der Waals surface area (Å²) in [6.45, 7) is 4.43. The van der Waals surface area contributed by atoms with E-state index in [1.165, 1.54) is 6.07 Å². The Morgan fingerprint density at radius 1 is 1.18 bits per heavy atom. The number of carbonyl (C=O) groups excluding carboxylic acids is 1. The van der Waals surface area contributed by atoms with E-state index in [0.29, 0.717) is 36.2 Å². The zero-order chi connectivity index (χ0) is 28.0. The summed E-state index contributed by atoms with van der Waals surface area (Å²) in [4.78, 5) is 28.8. The first-order chi connectivity index (χ1) is 19.3. The van der Waals surface area contributed by atoms with E-state index in [1.54, 1.807) is 13.0 Å². The second-order valence-electron chi connectivity index (χ2n) is 10.3. The van der Waals surface area contributed by atoms with Gasteiger partial charge in [0.25, 0.3) is 5.91 Å². The fourth-order valence-electron chi connectivity index (χ4n) is 5.01. The number of aryl methyl sites for hydroxylation is 1. The van der Waals surface area contributed by atoms with Gasteiger partial charge in [-0.1, -0.05) is 0 Å². The zero-order valence-corrected chi connectivity index (χ0v) is 22.1. The van der Waals surface area contributed by atoms with Crippen LogP contribution in [-0.2, 0) is 4.74 Å². The van der Waals surface area contributed by atoms with Crippen LogP contribution in [0.5, 0.6) is 0 Å². The number of halogens is 2. The number of amides is 1. The van der Waals surface area contributed by atoms with Crippen LogP contribution in [0.3, 0.4) is 0 Å². The zero-order valence-electron chi connectivity index (χ0n) is 22.1. The standard InChI is InChI=1S/C28H29F2N7O3/c1-15-12-36(14-24(40-15)17-11-32-37(13-17)19-4-5-19)28-34-25(20-6-3-18(29)9-23(20)30)22-10-21(27(39)31-7-8-38)16(2)33-26(22)35-28/h3,6,9-11,13,15,19,24,38H,4-5,7-8,12,14H2,1-2H3,(H,31,39)/t15-,24-/m1/s1. The molecule has 0 spiro atoms. The van der Waals surface area contributed by atoms with Crippen LogP contribution in [0.25, 0.3) is 22.3 Å². The molecule has 4 aromatic rings. The highest BCUT2D eigenvalue weighted by atomic mass is 19.1. The number of morpholine rings is 1. The Kier molecular flexibility index (Phi) is 6.88. The van der Waals surface area contributed by atoms with Gasteiger partial charge in [0.15, 0.2) is 5.65 Å². The number of hydrogen-bond donors (Lipinski definition) is 2. The highest BCUT2D eigenvalue weighted by Gasteiger charge is 2.32. The lowest BCUT2D eigenvalue weighted by Gasteiger charge is -2.36. The molecule has 1 aliphatic heterocycles. The van der Waals surface area contributed by atoms with Gasteiger partial charge in [-0.3, -0.25) is 9.48 Å². The number of anilines is 1. The van der Waals surface area contributed by atoms with Crippen LogP contribution in [0.2, 0.25) is 0 Å². The van der Waals surface area contributed by atoms with Gasteiger partial charge in [-0.05, 0) is 44.9 Å². The Morgan fingerprint density at radius 2 is 2.00 bits per heavy atom. The van der Waals surface area contributed by atoms with Crippen molar-refractivity contribution < 1.29 is 23.4 Å². The van der Waals surface area contributed by atoms with Crippen LogP contribution < -0.4 is 10.2 Å². The fraction of sp³-hybridized carbons (Fsp3) is 0.393. The molecule has 10 nitrogen and oxygen atoms in total. The molecule has 0 bridgehead atoms. The van der Waals surface area contributed by atoms with Crippen molar-refractivity contribution in [1.29, 1.82) is 0 Å². The third-order valence-electron chi connectivity index (χ3n) is 7.15. The van der Waals surface area contributed by atoms with Crippen molar-refractivity contribution in [3.8, 4) is 11.3 Å². The van der Waals surface area contributed by atoms with Crippen molar-refractivity contribution in [3.63, 3.8) is 0 Å². The van der Waals surface area contributed by atoms with E-state index in [-0.39, 0.29) is 47.8 Å². The molecule has 2 atom stereocenters. The summed E-state index contributed by atoms with van der Waals surface area (Å²) in [6.07, 6.45) is 5.68. The van der Waals surface area contributed by atoms with Crippen molar-refractivity contribution in [2.24, 2.45) is 0 Å². The number of aromatic nitrogens is 5. The Labute approximate surface area is 229 Å². The summed E-state index contributed by atoms with van der Waals surface area (Å²) in [5, 5.41) is 16.6. The number of hydrogen-bond acceptors (Lipinski definition) is 8. The van der Waals surface area contributed by atoms with Gasteiger partial charge in [0, 0.05) is 41.9 Å². The number of nitrogens with zero attached hydrogens (tertiary/aromatic N) is 6. The summed E-state index contributed by atoms with van der Waals surface area (Å²) < 4.78 is 37.1. The molecule has 1 aromatic carbocycles. The highest BCUT2D eigenvalue weighted by Crippen LogP contribution is 2.36. The molecule has 40 heavy (non-hydrogen) atoms. The number of aliphatic hydroxyl groups is 1. The van der Waals surface area contributed by atoms with E-state index in [1.807, 2.05) is 28.9 Å². The Morgan fingerprint density at radius 3 is 2.75 bits per heavy atom. The van der Waals surface area contributed by atoms with Gasteiger partial charge in [-0.2, -0.15) is 10.1 Å². The number of fused-ring (bicyclic) bond motifs is 1. The second-order valence-corrected chi connectivity index (χ2v) is 10.3. The Bertz CT molecular complexity index is 1590. The minimum Gasteiger partial charge on any atom is -0.395 e. The number of carbonyl (C=O) groups is 1. The van der Waals surface area contributed by atoms with E-state index in [0.717, 1.165) is 30.5 Å². The second kappa shape index (κ2) is 10.5.